The third-order valence-electron chi connectivity index (χ3n) is 3.97. The van der Waals surface area contributed by atoms with Crippen LogP contribution in [0.25, 0.3) is 0 Å². The Hall–Kier alpha value is -1.85. The maximum absolute atomic E-state index is 12.5. The number of aromatic nitrogens is 2. The highest BCUT2D eigenvalue weighted by Crippen LogP contribution is 2.17. The summed E-state index contributed by atoms with van der Waals surface area (Å²) in [4.78, 5) is 26.0. The van der Waals surface area contributed by atoms with Gasteiger partial charge in [0.25, 0.3) is 5.91 Å². The summed E-state index contributed by atoms with van der Waals surface area (Å²) in [5.74, 6) is 0.154. The fourth-order valence-corrected chi connectivity index (χ4v) is 2.78. The minimum absolute atomic E-state index is 0.0390. The molecule has 0 aliphatic carbocycles. The molecule has 1 aliphatic rings. The highest BCUT2D eigenvalue weighted by atomic mass is 16.2. The number of likely N-dealkylation sites (tertiary alicyclic amines) is 1. The lowest BCUT2D eigenvalue weighted by Crippen LogP contribution is -2.46. The minimum atomic E-state index is 0.0390. The zero-order valence-corrected chi connectivity index (χ0v) is 13.0. The van der Waals surface area contributed by atoms with Gasteiger partial charge in [-0.05, 0) is 33.1 Å². The number of nitrogens with zero attached hydrogens (tertiary/aromatic N) is 2. The molecule has 1 aromatic rings. The molecule has 2 N–H and O–H groups in total. The third-order valence-corrected chi connectivity index (χ3v) is 3.97. The summed E-state index contributed by atoms with van der Waals surface area (Å²) in [7, 11) is 0. The molecule has 1 fully saturated rings. The molecule has 0 bridgehead atoms. The molecule has 6 heteroatoms. The molecule has 0 atom stereocenters. The molecule has 1 aromatic heterocycles. The zero-order valence-electron chi connectivity index (χ0n) is 13.0. The fourth-order valence-electron chi connectivity index (χ4n) is 2.78. The molecule has 2 heterocycles. The molecule has 0 unspecified atom stereocenters. The van der Waals surface area contributed by atoms with Crippen molar-refractivity contribution in [2.75, 3.05) is 13.1 Å². The first-order valence-electron chi connectivity index (χ1n) is 7.63. The summed E-state index contributed by atoms with van der Waals surface area (Å²) in [6.07, 6.45) is 3.07. The molecule has 6 nitrogen and oxygen atoms in total. The largest absolute Gasteiger partial charge is 0.353 e. The number of aryl methyl sites for hydroxylation is 2. The van der Waals surface area contributed by atoms with Crippen molar-refractivity contribution in [3.8, 4) is 0 Å². The van der Waals surface area contributed by atoms with E-state index < -0.39 is 0 Å². The summed E-state index contributed by atoms with van der Waals surface area (Å²) in [6, 6.07) is 0.194. The molecule has 2 amide bonds. The van der Waals surface area contributed by atoms with E-state index in [0.29, 0.717) is 25.1 Å². The Balaban J connectivity index is 1.89. The summed E-state index contributed by atoms with van der Waals surface area (Å²) in [6.45, 7) is 7.07. The Bertz CT molecular complexity index is 496. The summed E-state index contributed by atoms with van der Waals surface area (Å²) < 4.78 is 0. The standard InChI is InChI=1S/C15H24N4O2/c1-4-5-13(20)16-12-6-8-19(9-7-12)15(21)14-10(2)17-18-11(14)3/h12H,4-9H2,1-3H3,(H,16,20)(H,17,18). The second-order valence-corrected chi connectivity index (χ2v) is 5.69. The van der Waals surface area contributed by atoms with E-state index >= 15 is 0 Å². The molecule has 116 valence electrons. The first-order valence-corrected chi connectivity index (χ1v) is 7.63. The number of amides is 2. The van der Waals surface area contributed by atoms with E-state index in [2.05, 4.69) is 15.5 Å². The van der Waals surface area contributed by atoms with E-state index in [4.69, 9.17) is 0 Å². The Morgan fingerprint density at radius 3 is 2.52 bits per heavy atom. The van der Waals surface area contributed by atoms with Crippen molar-refractivity contribution < 1.29 is 9.59 Å². The highest BCUT2D eigenvalue weighted by Gasteiger charge is 2.27. The van der Waals surface area contributed by atoms with Crippen molar-refractivity contribution in [1.82, 2.24) is 20.4 Å². The monoisotopic (exact) mass is 292 g/mol. The van der Waals surface area contributed by atoms with Crippen LogP contribution in [0.4, 0.5) is 0 Å². The first-order chi connectivity index (χ1) is 10.0. The molecule has 2 rings (SSSR count). The fraction of sp³-hybridized carbons (Fsp3) is 0.667. The van der Waals surface area contributed by atoms with Crippen LogP contribution in [0.5, 0.6) is 0 Å². The minimum Gasteiger partial charge on any atom is -0.353 e. The third kappa shape index (κ3) is 3.62. The number of hydrogen-bond donors (Lipinski definition) is 2. The van der Waals surface area contributed by atoms with Gasteiger partial charge in [-0.2, -0.15) is 5.10 Å². The Morgan fingerprint density at radius 2 is 2.00 bits per heavy atom. The Labute approximate surface area is 125 Å². The second kappa shape index (κ2) is 6.74. The SMILES string of the molecule is CCCC(=O)NC1CCN(C(=O)c2c(C)n[nH]c2C)CC1. The van der Waals surface area contributed by atoms with Gasteiger partial charge in [0.1, 0.15) is 0 Å². The number of H-pyrrole nitrogens is 1. The molecule has 0 saturated carbocycles. The van der Waals surface area contributed by atoms with E-state index in [0.717, 1.165) is 30.7 Å². The van der Waals surface area contributed by atoms with Crippen molar-refractivity contribution in [2.45, 2.75) is 52.5 Å². The number of piperidine rings is 1. The summed E-state index contributed by atoms with van der Waals surface area (Å²) >= 11 is 0. The van der Waals surface area contributed by atoms with Gasteiger partial charge in [0, 0.05) is 31.2 Å². The van der Waals surface area contributed by atoms with Crippen molar-refractivity contribution in [3.05, 3.63) is 17.0 Å². The summed E-state index contributed by atoms with van der Waals surface area (Å²) in [5.41, 5.74) is 2.25. The molecule has 1 saturated heterocycles. The topological polar surface area (TPSA) is 78.1 Å². The van der Waals surface area contributed by atoms with Gasteiger partial charge in [-0.1, -0.05) is 6.92 Å². The highest BCUT2D eigenvalue weighted by molar-refractivity contribution is 5.96. The van der Waals surface area contributed by atoms with E-state index in [1.165, 1.54) is 0 Å². The Kier molecular flexibility index (Phi) is 4.98. The van der Waals surface area contributed by atoms with Gasteiger partial charge in [-0.3, -0.25) is 14.7 Å². The maximum atomic E-state index is 12.5. The Morgan fingerprint density at radius 1 is 1.33 bits per heavy atom. The van der Waals surface area contributed by atoms with Gasteiger partial charge in [0.15, 0.2) is 0 Å². The summed E-state index contributed by atoms with van der Waals surface area (Å²) in [5, 5.41) is 9.97. The first kappa shape index (κ1) is 15.5. The number of nitrogens with one attached hydrogen (secondary N) is 2. The number of carbonyl (C=O) groups is 2. The smallest absolute Gasteiger partial charge is 0.257 e. The van der Waals surface area contributed by atoms with Crippen LogP contribution in [-0.4, -0.2) is 46.0 Å². The van der Waals surface area contributed by atoms with Gasteiger partial charge in [0.2, 0.25) is 5.91 Å². The van der Waals surface area contributed by atoms with Crippen LogP contribution < -0.4 is 5.32 Å². The van der Waals surface area contributed by atoms with Crippen LogP contribution in [0.15, 0.2) is 0 Å². The second-order valence-electron chi connectivity index (χ2n) is 5.69. The number of aromatic amines is 1. The molecule has 0 radical (unpaired) electrons. The zero-order chi connectivity index (χ0) is 15.4. The molecule has 1 aliphatic heterocycles. The van der Waals surface area contributed by atoms with Gasteiger partial charge < -0.3 is 10.2 Å². The predicted octanol–water partition coefficient (Wildman–Crippen LogP) is 1.55. The molecular weight excluding hydrogens is 268 g/mol. The van der Waals surface area contributed by atoms with Gasteiger partial charge in [-0.25, -0.2) is 0 Å². The maximum Gasteiger partial charge on any atom is 0.257 e. The number of rotatable bonds is 4. The molecule has 21 heavy (non-hydrogen) atoms. The van der Waals surface area contributed by atoms with E-state index in [1.54, 1.807) is 0 Å². The van der Waals surface area contributed by atoms with Crippen molar-refractivity contribution in [2.24, 2.45) is 0 Å². The average molecular weight is 292 g/mol. The van der Waals surface area contributed by atoms with Crippen LogP contribution >= 0.6 is 0 Å². The van der Waals surface area contributed by atoms with E-state index in [9.17, 15) is 9.59 Å². The van der Waals surface area contributed by atoms with E-state index in [1.807, 2.05) is 25.7 Å². The van der Waals surface area contributed by atoms with Crippen molar-refractivity contribution >= 4 is 11.8 Å². The lowest BCUT2D eigenvalue weighted by Gasteiger charge is -2.32. The lowest BCUT2D eigenvalue weighted by molar-refractivity contribution is -0.122. The van der Waals surface area contributed by atoms with Crippen LogP contribution in [0.2, 0.25) is 0 Å². The lowest BCUT2D eigenvalue weighted by atomic mass is 10.0. The van der Waals surface area contributed by atoms with Crippen LogP contribution in [0.1, 0.15) is 54.4 Å². The van der Waals surface area contributed by atoms with Crippen molar-refractivity contribution in [1.29, 1.82) is 0 Å². The predicted molar refractivity (Wildman–Crippen MR) is 80.0 cm³/mol. The molecule has 0 spiro atoms. The van der Waals surface area contributed by atoms with Crippen LogP contribution in [0, 0.1) is 13.8 Å². The van der Waals surface area contributed by atoms with Crippen molar-refractivity contribution in [3.63, 3.8) is 0 Å². The quantitative estimate of drug-likeness (QED) is 0.883. The van der Waals surface area contributed by atoms with Gasteiger partial charge >= 0.3 is 0 Å². The molecule has 0 aromatic carbocycles. The average Bonchev–Trinajstić information content (AvgIpc) is 2.78. The van der Waals surface area contributed by atoms with Gasteiger partial charge in [0.05, 0.1) is 11.3 Å². The number of hydrogen-bond acceptors (Lipinski definition) is 3. The molecular formula is C15H24N4O2. The van der Waals surface area contributed by atoms with Gasteiger partial charge in [-0.15, -0.1) is 0 Å². The normalized spacial score (nSPS) is 16.0. The van der Waals surface area contributed by atoms with E-state index in [-0.39, 0.29) is 17.9 Å². The van der Waals surface area contributed by atoms with Crippen LogP contribution in [-0.2, 0) is 4.79 Å². The van der Waals surface area contributed by atoms with Crippen LogP contribution in [0.3, 0.4) is 0 Å². The number of carbonyl (C=O) groups excluding carboxylic acids is 2.